The number of hydrogen-bond acceptors (Lipinski definition) is 6. The van der Waals surface area contributed by atoms with Crippen LogP contribution in [0.3, 0.4) is 0 Å². The van der Waals surface area contributed by atoms with E-state index in [1.54, 1.807) is 11.8 Å². The van der Waals surface area contributed by atoms with Gasteiger partial charge < -0.3 is 4.90 Å². The number of piperazine rings is 1. The van der Waals surface area contributed by atoms with Crippen molar-refractivity contribution < 1.29 is 22.8 Å². The summed E-state index contributed by atoms with van der Waals surface area (Å²) in [5.41, 5.74) is -0.0385. The zero-order valence-corrected chi connectivity index (χ0v) is 22.2. The molecule has 38 heavy (non-hydrogen) atoms. The summed E-state index contributed by atoms with van der Waals surface area (Å²) < 4.78 is 40.2. The predicted molar refractivity (Wildman–Crippen MR) is 142 cm³/mol. The first kappa shape index (κ1) is 27.7. The van der Waals surface area contributed by atoms with Gasteiger partial charge in [0.2, 0.25) is 0 Å². The molecule has 10 heteroatoms. The number of unbranched alkanes of at least 4 members (excludes halogenated alkanes) is 1. The van der Waals surface area contributed by atoms with Crippen LogP contribution < -0.4 is 9.80 Å². The summed E-state index contributed by atoms with van der Waals surface area (Å²) >= 11 is 1.74. The number of rotatable bonds is 8. The third kappa shape index (κ3) is 5.74. The van der Waals surface area contributed by atoms with Crippen molar-refractivity contribution in [2.24, 2.45) is 0 Å². The van der Waals surface area contributed by atoms with Gasteiger partial charge in [0.05, 0.1) is 28.6 Å². The standard InChI is InChI=1S/C28H29F3N4O2S/c1-19-22(27(37)35(26(19)36)21-11-10-20(18-32)23(17-21)28(29,30)31)7-5-6-12-33-13-15-34(16-14-33)24-8-3-4-9-25(24)38-2/h3-4,8-11,17H,5-7,12-16H2,1-2H3. The van der Waals surface area contributed by atoms with Gasteiger partial charge in [-0.3, -0.25) is 14.5 Å². The monoisotopic (exact) mass is 542 g/mol. The number of nitriles is 1. The van der Waals surface area contributed by atoms with E-state index in [0.717, 1.165) is 50.1 Å². The van der Waals surface area contributed by atoms with E-state index in [1.165, 1.54) is 29.6 Å². The number of nitrogens with zero attached hydrogens (tertiary/aromatic N) is 4. The van der Waals surface area contributed by atoms with Crippen molar-refractivity contribution in [2.45, 2.75) is 37.3 Å². The molecule has 1 fully saturated rings. The van der Waals surface area contributed by atoms with Crippen LogP contribution in [0.5, 0.6) is 0 Å². The summed E-state index contributed by atoms with van der Waals surface area (Å²) in [5.74, 6) is -1.21. The molecule has 2 aliphatic heterocycles. The average Bonchev–Trinajstić information content (AvgIpc) is 3.13. The Labute approximate surface area is 224 Å². The predicted octanol–water partition coefficient (Wildman–Crippen LogP) is 5.48. The van der Waals surface area contributed by atoms with Crippen molar-refractivity contribution in [1.82, 2.24) is 4.90 Å². The highest BCUT2D eigenvalue weighted by molar-refractivity contribution is 7.98. The summed E-state index contributed by atoms with van der Waals surface area (Å²) in [6, 6.07) is 12.8. The number of alkyl halides is 3. The summed E-state index contributed by atoms with van der Waals surface area (Å²) in [4.78, 5) is 32.7. The average molecular weight is 543 g/mol. The molecule has 0 radical (unpaired) electrons. The fraction of sp³-hybridized carbons (Fsp3) is 0.393. The third-order valence-corrected chi connectivity index (χ3v) is 7.86. The second kappa shape index (κ2) is 11.6. The van der Waals surface area contributed by atoms with E-state index in [4.69, 9.17) is 5.26 Å². The summed E-state index contributed by atoms with van der Waals surface area (Å²) in [6.45, 7) is 6.17. The molecule has 2 aliphatic rings. The van der Waals surface area contributed by atoms with E-state index in [-0.39, 0.29) is 11.3 Å². The molecule has 2 heterocycles. The van der Waals surface area contributed by atoms with Crippen LogP contribution in [0, 0.1) is 11.3 Å². The molecule has 0 bridgehead atoms. The molecule has 1 saturated heterocycles. The maximum absolute atomic E-state index is 13.4. The van der Waals surface area contributed by atoms with E-state index in [1.807, 2.05) is 0 Å². The van der Waals surface area contributed by atoms with E-state index in [0.29, 0.717) is 24.5 Å². The lowest BCUT2D eigenvalue weighted by Crippen LogP contribution is -2.46. The molecule has 2 aromatic carbocycles. The number of anilines is 2. The minimum absolute atomic E-state index is 0.179. The molecular formula is C28H29F3N4O2S. The van der Waals surface area contributed by atoms with E-state index in [9.17, 15) is 22.8 Å². The lowest BCUT2D eigenvalue weighted by atomic mass is 10.0. The topological polar surface area (TPSA) is 67.7 Å². The number of amides is 2. The minimum atomic E-state index is -4.78. The van der Waals surface area contributed by atoms with Gasteiger partial charge in [-0.1, -0.05) is 12.1 Å². The number of carbonyl (C=O) groups excluding carboxylic acids is 2. The highest BCUT2D eigenvalue weighted by atomic mass is 32.2. The van der Waals surface area contributed by atoms with Crippen LogP contribution in [0.4, 0.5) is 24.5 Å². The van der Waals surface area contributed by atoms with Gasteiger partial charge in [0.15, 0.2) is 0 Å². The largest absolute Gasteiger partial charge is 0.417 e. The Kier molecular flexibility index (Phi) is 8.48. The van der Waals surface area contributed by atoms with Crippen molar-refractivity contribution in [3.8, 4) is 6.07 Å². The highest BCUT2D eigenvalue weighted by Crippen LogP contribution is 2.37. The number of hydrogen-bond donors (Lipinski definition) is 0. The molecule has 0 N–H and O–H groups in total. The molecule has 2 aromatic rings. The Hall–Kier alpha value is -3.29. The van der Waals surface area contributed by atoms with Gasteiger partial charge in [-0.25, -0.2) is 4.90 Å². The Bertz CT molecular complexity index is 1290. The maximum Gasteiger partial charge on any atom is 0.417 e. The lowest BCUT2D eigenvalue weighted by molar-refractivity contribution is -0.138. The van der Waals surface area contributed by atoms with E-state index in [2.05, 4.69) is 40.3 Å². The minimum Gasteiger partial charge on any atom is -0.368 e. The molecule has 0 atom stereocenters. The Morgan fingerprint density at radius 1 is 1.00 bits per heavy atom. The first-order valence-corrected chi connectivity index (χ1v) is 13.7. The van der Waals surface area contributed by atoms with Gasteiger partial charge in [0.25, 0.3) is 11.8 Å². The van der Waals surface area contributed by atoms with Crippen LogP contribution >= 0.6 is 11.8 Å². The maximum atomic E-state index is 13.4. The van der Waals surface area contributed by atoms with Crippen LogP contribution in [-0.4, -0.2) is 55.7 Å². The van der Waals surface area contributed by atoms with Gasteiger partial charge in [-0.15, -0.1) is 11.8 Å². The Balaban J connectivity index is 1.31. The fourth-order valence-electron chi connectivity index (χ4n) is 4.96. The molecule has 6 nitrogen and oxygen atoms in total. The SMILES string of the molecule is CSc1ccccc1N1CCN(CCCCC2=C(C)C(=O)N(c3ccc(C#N)c(C(F)(F)F)c3)C2=O)CC1. The number of para-hydroxylation sites is 1. The lowest BCUT2D eigenvalue weighted by Gasteiger charge is -2.36. The zero-order chi connectivity index (χ0) is 27.4. The molecule has 0 aliphatic carbocycles. The first-order chi connectivity index (χ1) is 18.2. The molecule has 0 saturated carbocycles. The van der Waals surface area contributed by atoms with E-state index >= 15 is 0 Å². The second-order valence-corrected chi connectivity index (χ2v) is 10.2. The number of carbonyl (C=O) groups is 2. The van der Waals surface area contributed by atoms with Gasteiger partial charge in [-0.05, 0) is 69.3 Å². The summed E-state index contributed by atoms with van der Waals surface area (Å²) in [5, 5.41) is 9.01. The second-order valence-electron chi connectivity index (χ2n) is 9.35. The van der Waals surface area contributed by atoms with Crippen LogP contribution in [-0.2, 0) is 15.8 Å². The van der Waals surface area contributed by atoms with Gasteiger partial charge in [-0.2, -0.15) is 18.4 Å². The van der Waals surface area contributed by atoms with Crippen molar-refractivity contribution in [3.63, 3.8) is 0 Å². The third-order valence-electron chi connectivity index (χ3n) is 7.07. The van der Waals surface area contributed by atoms with E-state index < -0.39 is 29.1 Å². The van der Waals surface area contributed by atoms with Gasteiger partial charge >= 0.3 is 6.18 Å². The molecule has 0 unspecified atom stereocenters. The number of imide groups is 1. The van der Waals surface area contributed by atoms with Crippen molar-refractivity contribution in [3.05, 3.63) is 64.7 Å². The number of benzene rings is 2. The summed E-state index contributed by atoms with van der Waals surface area (Å²) in [6.07, 6.45) is -0.776. The molecule has 0 spiro atoms. The molecule has 4 rings (SSSR count). The van der Waals surface area contributed by atoms with Crippen LogP contribution in [0.15, 0.2) is 58.5 Å². The number of halogens is 3. The molecule has 200 valence electrons. The highest BCUT2D eigenvalue weighted by Gasteiger charge is 2.39. The summed E-state index contributed by atoms with van der Waals surface area (Å²) in [7, 11) is 0. The Morgan fingerprint density at radius 2 is 1.71 bits per heavy atom. The van der Waals surface area contributed by atoms with Crippen molar-refractivity contribution in [1.29, 1.82) is 5.26 Å². The van der Waals surface area contributed by atoms with Crippen molar-refractivity contribution >= 4 is 35.0 Å². The van der Waals surface area contributed by atoms with Crippen LogP contribution in [0.25, 0.3) is 0 Å². The quantitative estimate of drug-likeness (QED) is 0.250. The smallest absolute Gasteiger partial charge is 0.368 e. The number of thioether (sulfide) groups is 1. The normalized spacial score (nSPS) is 16.9. The molecule has 0 aromatic heterocycles. The molecule has 2 amide bonds. The fourth-order valence-corrected chi connectivity index (χ4v) is 5.58. The van der Waals surface area contributed by atoms with Crippen molar-refractivity contribution in [2.75, 3.05) is 48.8 Å². The molecular weight excluding hydrogens is 513 g/mol. The van der Waals surface area contributed by atoms with Gasteiger partial charge in [0, 0.05) is 42.2 Å². The van der Waals surface area contributed by atoms with Gasteiger partial charge in [0.1, 0.15) is 0 Å². The zero-order valence-electron chi connectivity index (χ0n) is 21.3. The Morgan fingerprint density at radius 3 is 2.37 bits per heavy atom. The first-order valence-electron chi connectivity index (χ1n) is 12.5. The van der Waals surface area contributed by atoms with Crippen LogP contribution in [0.1, 0.15) is 37.3 Å². The van der Waals surface area contributed by atoms with Crippen LogP contribution in [0.2, 0.25) is 0 Å².